The number of amides is 1. The van der Waals surface area contributed by atoms with Gasteiger partial charge in [0.15, 0.2) is 6.04 Å². The molecular formula is C22H14N2O6S2. The second kappa shape index (κ2) is 8.77. The molecule has 0 saturated carbocycles. The predicted molar refractivity (Wildman–Crippen MR) is 123 cm³/mol. The number of nitro groups is 1. The van der Waals surface area contributed by atoms with Gasteiger partial charge in [-0.3, -0.25) is 19.8 Å². The van der Waals surface area contributed by atoms with Crippen molar-refractivity contribution in [3.8, 4) is 11.3 Å². The van der Waals surface area contributed by atoms with Gasteiger partial charge in [-0.05, 0) is 23.8 Å². The fourth-order valence-corrected chi connectivity index (χ4v) is 4.58. The summed E-state index contributed by atoms with van der Waals surface area (Å²) >= 11 is 6.26. The summed E-state index contributed by atoms with van der Waals surface area (Å²) < 4.78 is 5.82. The lowest BCUT2D eigenvalue weighted by molar-refractivity contribution is -0.384. The number of furan rings is 1. The van der Waals surface area contributed by atoms with E-state index in [0.29, 0.717) is 11.1 Å². The first-order valence-electron chi connectivity index (χ1n) is 9.25. The van der Waals surface area contributed by atoms with Crippen molar-refractivity contribution in [2.24, 2.45) is 0 Å². The van der Waals surface area contributed by atoms with Crippen LogP contribution in [0.15, 0.2) is 76.1 Å². The lowest BCUT2D eigenvalue weighted by atomic mass is 10.1. The molecule has 1 aromatic heterocycles. The molecule has 160 valence electrons. The third kappa shape index (κ3) is 4.05. The summed E-state index contributed by atoms with van der Waals surface area (Å²) in [7, 11) is 0. The van der Waals surface area contributed by atoms with E-state index in [1.807, 2.05) is 0 Å². The summed E-state index contributed by atoms with van der Waals surface area (Å²) in [5.74, 6) is -1.21. The summed E-state index contributed by atoms with van der Waals surface area (Å²) in [6.07, 6.45) is 1.45. The van der Waals surface area contributed by atoms with Crippen molar-refractivity contribution < 1.29 is 24.0 Å². The van der Waals surface area contributed by atoms with Crippen molar-refractivity contribution in [2.75, 3.05) is 0 Å². The lowest BCUT2D eigenvalue weighted by Crippen LogP contribution is -2.37. The number of aliphatic carboxylic acids is 1. The zero-order chi connectivity index (χ0) is 22.8. The lowest BCUT2D eigenvalue weighted by Gasteiger charge is -2.23. The van der Waals surface area contributed by atoms with E-state index in [2.05, 4.69) is 0 Å². The Hall–Kier alpha value is -3.76. The number of thioether (sulfide) groups is 1. The molecular weight excluding hydrogens is 452 g/mol. The first-order valence-corrected chi connectivity index (χ1v) is 10.5. The number of thiocarbonyl (C=S) groups is 1. The van der Waals surface area contributed by atoms with Crippen LogP contribution < -0.4 is 0 Å². The van der Waals surface area contributed by atoms with Gasteiger partial charge in [0.05, 0.1) is 15.4 Å². The van der Waals surface area contributed by atoms with Gasteiger partial charge in [0, 0.05) is 12.1 Å². The highest BCUT2D eigenvalue weighted by Crippen LogP contribution is 2.39. The Morgan fingerprint density at radius 2 is 1.81 bits per heavy atom. The molecule has 1 unspecified atom stereocenters. The molecule has 0 bridgehead atoms. The number of carboxylic acid groups (broad SMARTS) is 1. The minimum Gasteiger partial charge on any atom is -0.479 e. The maximum atomic E-state index is 13.0. The molecule has 10 heteroatoms. The van der Waals surface area contributed by atoms with Crippen LogP contribution in [0.4, 0.5) is 5.69 Å². The second-order valence-electron chi connectivity index (χ2n) is 6.68. The van der Waals surface area contributed by atoms with E-state index in [4.69, 9.17) is 16.6 Å². The number of nitrogens with zero attached hydrogens (tertiary/aromatic N) is 2. The molecule has 1 fully saturated rings. The zero-order valence-corrected chi connectivity index (χ0v) is 17.8. The van der Waals surface area contributed by atoms with E-state index >= 15 is 0 Å². The van der Waals surface area contributed by atoms with Gasteiger partial charge in [0.2, 0.25) is 0 Å². The van der Waals surface area contributed by atoms with E-state index in [1.54, 1.807) is 60.7 Å². The smallest absolute Gasteiger partial charge is 0.331 e. The van der Waals surface area contributed by atoms with Crippen LogP contribution in [0.1, 0.15) is 17.4 Å². The maximum Gasteiger partial charge on any atom is 0.331 e. The van der Waals surface area contributed by atoms with Gasteiger partial charge in [-0.1, -0.05) is 66.4 Å². The summed E-state index contributed by atoms with van der Waals surface area (Å²) in [6.45, 7) is 0. The number of rotatable bonds is 6. The number of carbonyl (C=O) groups is 2. The number of benzene rings is 2. The number of nitro benzene ring substituents is 1. The van der Waals surface area contributed by atoms with E-state index in [0.717, 1.165) is 16.7 Å². The predicted octanol–water partition coefficient (Wildman–Crippen LogP) is 4.88. The topological polar surface area (TPSA) is 114 Å². The van der Waals surface area contributed by atoms with Crippen molar-refractivity contribution in [3.05, 3.63) is 93.1 Å². The number of carboxylic acids is 1. The van der Waals surface area contributed by atoms with Crippen LogP contribution in [-0.2, 0) is 9.59 Å². The Morgan fingerprint density at radius 3 is 2.50 bits per heavy atom. The Balaban J connectivity index is 1.65. The third-order valence-electron chi connectivity index (χ3n) is 4.70. The molecule has 0 aliphatic carbocycles. The Labute approximate surface area is 191 Å². The van der Waals surface area contributed by atoms with Crippen LogP contribution in [0.3, 0.4) is 0 Å². The fourth-order valence-electron chi connectivity index (χ4n) is 3.29. The van der Waals surface area contributed by atoms with E-state index in [9.17, 15) is 24.8 Å². The Bertz CT molecular complexity index is 1270. The highest BCUT2D eigenvalue weighted by atomic mass is 32.2. The van der Waals surface area contributed by atoms with Crippen molar-refractivity contribution in [2.45, 2.75) is 6.04 Å². The van der Waals surface area contributed by atoms with Crippen molar-refractivity contribution >= 4 is 51.9 Å². The number of para-hydroxylation sites is 1. The zero-order valence-electron chi connectivity index (χ0n) is 16.2. The van der Waals surface area contributed by atoms with Crippen LogP contribution >= 0.6 is 24.0 Å². The maximum absolute atomic E-state index is 13.0. The summed E-state index contributed by atoms with van der Waals surface area (Å²) in [4.78, 5) is 37.0. The van der Waals surface area contributed by atoms with Crippen LogP contribution in [0.5, 0.6) is 0 Å². The quantitative estimate of drug-likeness (QED) is 0.237. The van der Waals surface area contributed by atoms with Gasteiger partial charge in [0.1, 0.15) is 15.8 Å². The number of hydrogen-bond donors (Lipinski definition) is 1. The minimum atomic E-state index is -1.26. The molecule has 2 heterocycles. The minimum absolute atomic E-state index is 0.105. The molecule has 0 spiro atoms. The van der Waals surface area contributed by atoms with Gasteiger partial charge in [-0.15, -0.1) is 0 Å². The molecule has 1 amide bonds. The number of carbonyl (C=O) groups excluding carboxylic acids is 1. The molecule has 3 aromatic rings. The molecule has 1 aliphatic heterocycles. The first-order chi connectivity index (χ1) is 15.4. The Kier molecular flexibility index (Phi) is 5.89. The van der Waals surface area contributed by atoms with Crippen molar-refractivity contribution in [3.63, 3.8) is 0 Å². The third-order valence-corrected chi connectivity index (χ3v) is 6.03. The molecule has 1 N–H and O–H groups in total. The molecule has 4 rings (SSSR count). The van der Waals surface area contributed by atoms with Gasteiger partial charge in [-0.2, -0.15) is 0 Å². The number of hydrogen-bond acceptors (Lipinski definition) is 7. The Morgan fingerprint density at radius 1 is 1.12 bits per heavy atom. The molecule has 1 saturated heterocycles. The normalized spacial score (nSPS) is 15.9. The van der Waals surface area contributed by atoms with Gasteiger partial charge >= 0.3 is 5.97 Å². The highest BCUT2D eigenvalue weighted by molar-refractivity contribution is 8.26. The molecule has 0 radical (unpaired) electrons. The SMILES string of the molecule is O=C(O)C(c1ccccc1)N1C(=O)/C(=C\c2ccc(-c3ccccc3[N+](=O)[O-])o2)SC1=S. The van der Waals surface area contributed by atoms with E-state index in [1.165, 1.54) is 12.1 Å². The van der Waals surface area contributed by atoms with Crippen LogP contribution in [-0.4, -0.2) is 31.1 Å². The van der Waals surface area contributed by atoms with Gasteiger partial charge < -0.3 is 9.52 Å². The standard InChI is InChI=1S/C22H14N2O6S2/c25-20-18(32-22(31)23(20)19(21(26)27)13-6-2-1-3-7-13)12-14-10-11-17(30-14)15-8-4-5-9-16(15)24(28)29/h1-12,19H,(H,26,27)/b18-12+. The van der Waals surface area contributed by atoms with E-state index in [-0.39, 0.29) is 26.4 Å². The fraction of sp³-hybridized carbons (Fsp3) is 0.0455. The second-order valence-corrected chi connectivity index (χ2v) is 8.36. The average Bonchev–Trinajstić information content (AvgIpc) is 3.35. The van der Waals surface area contributed by atoms with Crippen molar-refractivity contribution in [1.29, 1.82) is 0 Å². The molecule has 1 aliphatic rings. The van der Waals surface area contributed by atoms with Crippen LogP contribution in [0.2, 0.25) is 0 Å². The van der Waals surface area contributed by atoms with Crippen molar-refractivity contribution in [1.82, 2.24) is 4.90 Å². The first kappa shape index (κ1) is 21.5. The molecule has 8 nitrogen and oxygen atoms in total. The summed E-state index contributed by atoms with van der Waals surface area (Å²) in [5.41, 5.74) is 0.626. The largest absolute Gasteiger partial charge is 0.479 e. The van der Waals surface area contributed by atoms with E-state index < -0.39 is 22.8 Å². The van der Waals surface area contributed by atoms with Gasteiger partial charge in [-0.25, -0.2) is 4.79 Å². The molecule has 2 aromatic carbocycles. The average molecular weight is 466 g/mol. The summed E-state index contributed by atoms with van der Waals surface area (Å²) in [6, 6.07) is 16.4. The van der Waals surface area contributed by atoms with Gasteiger partial charge in [0.25, 0.3) is 11.6 Å². The monoisotopic (exact) mass is 466 g/mol. The van der Waals surface area contributed by atoms with Crippen LogP contribution in [0.25, 0.3) is 17.4 Å². The molecule has 32 heavy (non-hydrogen) atoms. The summed E-state index contributed by atoms with van der Waals surface area (Å²) in [5, 5.41) is 21.0. The highest BCUT2D eigenvalue weighted by Gasteiger charge is 2.41. The molecule has 1 atom stereocenters. The van der Waals surface area contributed by atoms with Crippen LogP contribution in [0, 0.1) is 10.1 Å².